The Kier molecular flexibility index (Phi) is 5.32. The Morgan fingerprint density at radius 1 is 1.37 bits per heavy atom. The first-order chi connectivity index (χ1) is 9.29. The van der Waals surface area contributed by atoms with Crippen molar-refractivity contribution < 1.29 is 9.53 Å². The van der Waals surface area contributed by atoms with Crippen molar-refractivity contribution in [3.8, 4) is 0 Å². The van der Waals surface area contributed by atoms with E-state index in [4.69, 9.17) is 4.74 Å². The highest BCUT2D eigenvalue weighted by Crippen LogP contribution is 2.11. The summed E-state index contributed by atoms with van der Waals surface area (Å²) in [7, 11) is 1.83. The van der Waals surface area contributed by atoms with Crippen LogP contribution in [0.4, 0.5) is 0 Å². The molecule has 1 atom stereocenters. The zero-order valence-electron chi connectivity index (χ0n) is 11.2. The second-order valence-electron chi connectivity index (χ2n) is 4.65. The molecule has 5 nitrogen and oxygen atoms in total. The van der Waals surface area contributed by atoms with E-state index in [-0.39, 0.29) is 12.0 Å². The second-order valence-corrected chi connectivity index (χ2v) is 4.65. The van der Waals surface area contributed by atoms with Crippen LogP contribution < -0.4 is 16.2 Å². The van der Waals surface area contributed by atoms with Gasteiger partial charge in [-0.3, -0.25) is 15.6 Å². The summed E-state index contributed by atoms with van der Waals surface area (Å²) in [5.41, 5.74) is 7.69. The highest BCUT2D eigenvalue weighted by Gasteiger charge is 2.16. The molecule has 3 N–H and O–H groups in total. The van der Waals surface area contributed by atoms with Crippen LogP contribution in [0, 0.1) is 0 Å². The van der Waals surface area contributed by atoms with Crippen LogP contribution in [-0.4, -0.2) is 32.2 Å². The van der Waals surface area contributed by atoms with Crippen molar-refractivity contribution in [3.63, 3.8) is 0 Å². The lowest BCUT2D eigenvalue weighted by Crippen LogP contribution is -2.31. The van der Waals surface area contributed by atoms with Crippen molar-refractivity contribution in [2.75, 3.05) is 20.2 Å². The van der Waals surface area contributed by atoms with E-state index in [0.717, 1.165) is 31.6 Å². The largest absolute Gasteiger partial charge is 0.376 e. The molecule has 1 aliphatic heterocycles. The summed E-state index contributed by atoms with van der Waals surface area (Å²) in [6, 6.07) is 7.59. The van der Waals surface area contributed by atoms with Crippen LogP contribution in [0.1, 0.15) is 28.8 Å². The van der Waals surface area contributed by atoms with E-state index in [0.29, 0.717) is 12.1 Å². The van der Waals surface area contributed by atoms with Gasteiger partial charge in [-0.25, -0.2) is 0 Å². The predicted octanol–water partition coefficient (Wildman–Crippen LogP) is 0.819. The molecule has 1 aromatic carbocycles. The third-order valence-corrected chi connectivity index (χ3v) is 3.20. The van der Waals surface area contributed by atoms with Crippen molar-refractivity contribution >= 4 is 5.91 Å². The van der Waals surface area contributed by atoms with Gasteiger partial charge in [0.05, 0.1) is 6.10 Å². The van der Waals surface area contributed by atoms with E-state index in [1.165, 1.54) is 0 Å². The molecule has 0 bridgehead atoms. The number of carbonyl (C=O) groups is 1. The van der Waals surface area contributed by atoms with Crippen LogP contribution in [-0.2, 0) is 11.3 Å². The normalized spacial score (nSPS) is 18.5. The number of rotatable bonds is 6. The summed E-state index contributed by atoms with van der Waals surface area (Å²) in [5, 5.41) is 2.91. The number of benzene rings is 1. The van der Waals surface area contributed by atoms with Gasteiger partial charge in [0, 0.05) is 25.3 Å². The summed E-state index contributed by atoms with van der Waals surface area (Å²) in [6.07, 6.45) is 2.31. The highest BCUT2D eigenvalue weighted by molar-refractivity contribution is 5.94. The molecule has 104 valence electrons. The van der Waals surface area contributed by atoms with Gasteiger partial charge in [-0.1, -0.05) is 12.1 Å². The van der Waals surface area contributed by atoms with Crippen LogP contribution in [0.2, 0.25) is 0 Å². The minimum atomic E-state index is -0.0383. The maximum Gasteiger partial charge on any atom is 0.251 e. The Balaban J connectivity index is 1.81. The monoisotopic (exact) mass is 263 g/mol. The maximum atomic E-state index is 11.9. The fourth-order valence-electron chi connectivity index (χ4n) is 2.08. The topological polar surface area (TPSA) is 62.4 Å². The van der Waals surface area contributed by atoms with Gasteiger partial charge in [0.15, 0.2) is 0 Å². The van der Waals surface area contributed by atoms with E-state index in [2.05, 4.69) is 16.2 Å². The molecule has 1 amide bonds. The van der Waals surface area contributed by atoms with Crippen molar-refractivity contribution in [3.05, 3.63) is 35.4 Å². The van der Waals surface area contributed by atoms with Crippen LogP contribution in [0.5, 0.6) is 0 Å². The quantitative estimate of drug-likeness (QED) is 0.665. The molecule has 1 saturated heterocycles. The summed E-state index contributed by atoms with van der Waals surface area (Å²) in [4.78, 5) is 11.9. The molecular formula is C14H21N3O2. The second kappa shape index (κ2) is 7.23. The molecule has 1 fully saturated rings. The molecule has 5 heteroatoms. The van der Waals surface area contributed by atoms with Gasteiger partial charge in [-0.15, -0.1) is 0 Å². The van der Waals surface area contributed by atoms with Crippen LogP contribution in [0.3, 0.4) is 0 Å². The molecule has 0 aromatic heterocycles. The third-order valence-electron chi connectivity index (χ3n) is 3.20. The first-order valence-corrected chi connectivity index (χ1v) is 6.68. The van der Waals surface area contributed by atoms with Gasteiger partial charge in [0.25, 0.3) is 5.91 Å². The molecule has 1 aromatic rings. The van der Waals surface area contributed by atoms with Crippen molar-refractivity contribution in [1.29, 1.82) is 0 Å². The first kappa shape index (κ1) is 14.0. The molecule has 1 unspecified atom stereocenters. The number of nitrogens with one attached hydrogen (secondary N) is 3. The number of carbonyl (C=O) groups excluding carboxylic acids is 1. The minimum Gasteiger partial charge on any atom is -0.376 e. The standard InChI is InChI=1S/C14H21N3O2/c1-15-17-9-11-4-6-12(7-5-11)14(18)16-10-13-3-2-8-19-13/h4-7,13,15,17H,2-3,8-10H2,1H3,(H,16,18). The fraction of sp³-hybridized carbons (Fsp3) is 0.500. The molecule has 2 rings (SSSR count). The van der Waals surface area contributed by atoms with Crippen molar-refractivity contribution in [1.82, 2.24) is 16.2 Å². The molecule has 1 aliphatic rings. The Morgan fingerprint density at radius 3 is 2.79 bits per heavy atom. The molecule has 0 radical (unpaired) electrons. The van der Waals surface area contributed by atoms with E-state index in [1.807, 2.05) is 31.3 Å². The molecular weight excluding hydrogens is 242 g/mol. The lowest BCUT2D eigenvalue weighted by Gasteiger charge is -2.11. The van der Waals surface area contributed by atoms with Gasteiger partial charge in [-0.05, 0) is 37.6 Å². The first-order valence-electron chi connectivity index (χ1n) is 6.68. The number of ether oxygens (including phenoxy) is 1. The number of hydrogen-bond acceptors (Lipinski definition) is 4. The summed E-state index contributed by atoms with van der Waals surface area (Å²) in [6.45, 7) is 2.14. The fourth-order valence-corrected chi connectivity index (χ4v) is 2.08. The third kappa shape index (κ3) is 4.31. The Bertz CT molecular complexity index is 400. The number of hydrazine groups is 1. The molecule has 19 heavy (non-hydrogen) atoms. The Morgan fingerprint density at radius 2 is 2.16 bits per heavy atom. The number of amides is 1. The highest BCUT2D eigenvalue weighted by atomic mass is 16.5. The average Bonchev–Trinajstić information content (AvgIpc) is 2.96. The minimum absolute atomic E-state index is 0.0383. The zero-order valence-corrected chi connectivity index (χ0v) is 11.2. The zero-order chi connectivity index (χ0) is 13.5. The molecule has 0 aliphatic carbocycles. The van der Waals surface area contributed by atoms with Crippen LogP contribution in [0.25, 0.3) is 0 Å². The van der Waals surface area contributed by atoms with E-state index in [1.54, 1.807) is 0 Å². The Labute approximate surface area is 113 Å². The van der Waals surface area contributed by atoms with Gasteiger partial charge >= 0.3 is 0 Å². The van der Waals surface area contributed by atoms with E-state index >= 15 is 0 Å². The summed E-state index contributed by atoms with van der Waals surface area (Å²) < 4.78 is 5.47. The molecule has 0 saturated carbocycles. The van der Waals surface area contributed by atoms with Crippen LogP contribution >= 0.6 is 0 Å². The van der Waals surface area contributed by atoms with Gasteiger partial charge in [0.1, 0.15) is 0 Å². The van der Waals surface area contributed by atoms with Gasteiger partial charge < -0.3 is 10.1 Å². The molecule has 0 spiro atoms. The van der Waals surface area contributed by atoms with E-state index < -0.39 is 0 Å². The van der Waals surface area contributed by atoms with E-state index in [9.17, 15) is 4.79 Å². The van der Waals surface area contributed by atoms with Crippen molar-refractivity contribution in [2.45, 2.75) is 25.5 Å². The number of hydrogen-bond donors (Lipinski definition) is 3. The average molecular weight is 263 g/mol. The van der Waals surface area contributed by atoms with Gasteiger partial charge in [0.2, 0.25) is 0 Å². The van der Waals surface area contributed by atoms with Crippen LogP contribution in [0.15, 0.2) is 24.3 Å². The summed E-state index contributed by atoms with van der Waals surface area (Å²) in [5.74, 6) is -0.0383. The van der Waals surface area contributed by atoms with Crippen molar-refractivity contribution in [2.24, 2.45) is 0 Å². The smallest absolute Gasteiger partial charge is 0.251 e. The maximum absolute atomic E-state index is 11.9. The predicted molar refractivity (Wildman–Crippen MR) is 73.6 cm³/mol. The lowest BCUT2D eigenvalue weighted by molar-refractivity contribution is 0.0858. The Hall–Kier alpha value is -1.43. The summed E-state index contributed by atoms with van der Waals surface area (Å²) >= 11 is 0. The molecule has 1 heterocycles. The van der Waals surface area contributed by atoms with Gasteiger partial charge in [-0.2, -0.15) is 0 Å². The SMILES string of the molecule is CNNCc1ccc(C(=O)NCC2CCCO2)cc1. The lowest BCUT2D eigenvalue weighted by atomic mass is 10.1.